The molecule has 38 heavy (non-hydrogen) atoms. The van der Waals surface area contributed by atoms with Crippen molar-refractivity contribution in [2.75, 3.05) is 13.2 Å². The van der Waals surface area contributed by atoms with Crippen LogP contribution in [0.25, 0.3) is 11.5 Å². The van der Waals surface area contributed by atoms with E-state index in [1.54, 1.807) is 18.4 Å². The van der Waals surface area contributed by atoms with E-state index in [1.165, 1.54) is 0 Å². The Morgan fingerprint density at radius 3 is 2.42 bits per heavy atom. The number of aliphatic carboxylic acids is 1. The van der Waals surface area contributed by atoms with Gasteiger partial charge in [0, 0.05) is 12.0 Å². The van der Waals surface area contributed by atoms with Crippen LogP contribution in [0.1, 0.15) is 16.8 Å². The zero-order valence-corrected chi connectivity index (χ0v) is 20.6. The van der Waals surface area contributed by atoms with E-state index in [0.29, 0.717) is 24.7 Å². The third-order valence-corrected chi connectivity index (χ3v) is 5.45. The van der Waals surface area contributed by atoms with Crippen molar-refractivity contribution in [3.8, 4) is 17.2 Å². The molecule has 0 spiro atoms. The Bertz CT molecular complexity index is 1310. The maximum atomic E-state index is 12.0. The van der Waals surface area contributed by atoms with E-state index in [9.17, 15) is 14.7 Å². The first-order chi connectivity index (χ1) is 18.6. The number of ether oxygens (including phenoxy) is 3. The molecule has 0 bridgehead atoms. The van der Waals surface area contributed by atoms with Crippen molar-refractivity contribution >= 4 is 12.1 Å². The van der Waals surface area contributed by atoms with E-state index in [1.807, 2.05) is 72.8 Å². The number of rotatable bonds is 13. The summed E-state index contributed by atoms with van der Waals surface area (Å²) >= 11 is 0. The Balaban J connectivity index is 1.19. The molecule has 4 aromatic rings. The molecule has 2 N–H and O–H groups in total. The molecule has 0 unspecified atom stereocenters. The molecule has 0 aliphatic carbocycles. The van der Waals surface area contributed by atoms with Crippen molar-refractivity contribution in [3.63, 3.8) is 0 Å². The van der Waals surface area contributed by atoms with Gasteiger partial charge in [-0.25, -0.2) is 14.6 Å². The van der Waals surface area contributed by atoms with Gasteiger partial charge in [-0.2, -0.15) is 0 Å². The van der Waals surface area contributed by atoms with Gasteiger partial charge in [-0.1, -0.05) is 60.7 Å². The Kier molecular flexibility index (Phi) is 9.47. The van der Waals surface area contributed by atoms with Crippen LogP contribution in [0.15, 0.2) is 95.6 Å². The molecule has 0 aliphatic rings. The minimum Gasteiger partial charge on any atom is -0.493 e. The largest absolute Gasteiger partial charge is 0.493 e. The Labute approximate surface area is 220 Å². The van der Waals surface area contributed by atoms with Crippen LogP contribution in [0.5, 0.6) is 5.75 Å². The van der Waals surface area contributed by atoms with Gasteiger partial charge in [0.1, 0.15) is 18.6 Å². The number of carbonyl (C=O) groups excluding carboxylic acids is 1. The van der Waals surface area contributed by atoms with Crippen LogP contribution < -0.4 is 10.1 Å². The number of alkyl carbamates (subject to hydrolysis) is 1. The van der Waals surface area contributed by atoms with E-state index < -0.39 is 18.1 Å². The second-order valence-electron chi connectivity index (χ2n) is 8.37. The minimum absolute atomic E-state index is 0.0392. The van der Waals surface area contributed by atoms with Gasteiger partial charge >= 0.3 is 12.1 Å². The number of carbonyl (C=O) groups is 2. The molecule has 0 radical (unpaired) electrons. The van der Waals surface area contributed by atoms with Gasteiger partial charge in [-0.3, -0.25) is 0 Å². The highest BCUT2D eigenvalue weighted by Crippen LogP contribution is 2.19. The highest BCUT2D eigenvalue weighted by Gasteiger charge is 2.21. The second kappa shape index (κ2) is 13.6. The second-order valence-corrected chi connectivity index (χ2v) is 8.37. The van der Waals surface area contributed by atoms with Crippen molar-refractivity contribution in [2.24, 2.45) is 0 Å². The Morgan fingerprint density at radius 1 is 0.921 bits per heavy atom. The van der Waals surface area contributed by atoms with Gasteiger partial charge in [0.15, 0.2) is 6.04 Å². The van der Waals surface area contributed by atoms with Gasteiger partial charge in [0.2, 0.25) is 5.89 Å². The number of nitrogens with zero attached hydrogens (tertiary/aromatic N) is 1. The number of nitrogens with one attached hydrogen (secondary N) is 1. The lowest BCUT2D eigenvalue weighted by atomic mass is 10.2. The third-order valence-electron chi connectivity index (χ3n) is 5.45. The lowest BCUT2D eigenvalue weighted by molar-refractivity contribution is -0.141. The summed E-state index contributed by atoms with van der Waals surface area (Å²) in [7, 11) is 0. The molecule has 196 valence electrons. The van der Waals surface area contributed by atoms with E-state index in [-0.39, 0.29) is 19.8 Å². The number of carboxylic acid groups (broad SMARTS) is 1. The molecule has 1 amide bonds. The van der Waals surface area contributed by atoms with Crippen LogP contribution in [-0.2, 0) is 33.9 Å². The zero-order chi connectivity index (χ0) is 26.6. The van der Waals surface area contributed by atoms with Crippen LogP contribution in [0.4, 0.5) is 4.79 Å². The molecule has 0 fully saturated rings. The molecule has 4 rings (SSSR count). The van der Waals surface area contributed by atoms with Crippen molar-refractivity contribution in [2.45, 2.75) is 25.7 Å². The average Bonchev–Trinajstić information content (AvgIpc) is 3.42. The first-order valence-electron chi connectivity index (χ1n) is 12.1. The smallest absolute Gasteiger partial charge is 0.408 e. The monoisotopic (exact) mass is 516 g/mol. The number of benzene rings is 3. The summed E-state index contributed by atoms with van der Waals surface area (Å²) in [5.41, 5.74) is 3.30. The molecular weight excluding hydrogens is 488 g/mol. The van der Waals surface area contributed by atoms with Gasteiger partial charge in [0.25, 0.3) is 0 Å². The van der Waals surface area contributed by atoms with Crippen molar-refractivity contribution in [1.29, 1.82) is 0 Å². The third kappa shape index (κ3) is 8.21. The Hall–Kier alpha value is -4.63. The summed E-state index contributed by atoms with van der Waals surface area (Å²) in [6.45, 7) is 0.362. The van der Waals surface area contributed by atoms with E-state index in [2.05, 4.69) is 10.3 Å². The van der Waals surface area contributed by atoms with E-state index in [4.69, 9.17) is 18.6 Å². The predicted molar refractivity (Wildman–Crippen MR) is 138 cm³/mol. The van der Waals surface area contributed by atoms with Crippen molar-refractivity contribution in [1.82, 2.24) is 10.3 Å². The molecule has 1 heterocycles. The summed E-state index contributed by atoms with van der Waals surface area (Å²) in [6.07, 6.45) is 1.37. The topological polar surface area (TPSA) is 120 Å². The molecule has 0 saturated heterocycles. The normalized spacial score (nSPS) is 11.5. The molecule has 0 aliphatic heterocycles. The van der Waals surface area contributed by atoms with E-state index >= 15 is 0 Å². The summed E-state index contributed by atoms with van der Waals surface area (Å²) < 4.78 is 22.0. The maximum absolute atomic E-state index is 12.0. The number of oxazole rings is 1. The zero-order valence-electron chi connectivity index (χ0n) is 20.6. The molecule has 1 aromatic heterocycles. The summed E-state index contributed by atoms with van der Waals surface area (Å²) in [6, 6.07) is 24.8. The number of carboxylic acids is 1. The molecule has 9 heteroatoms. The number of hydrogen-bond acceptors (Lipinski definition) is 7. The molecule has 0 saturated carbocycles. The fourth-order valence-electron chi connectivity index (χ4n) is 3.51. The first-order valence-corrected chi connectivity index (χ1v) is 12.1. The van der Waals surface area contributed by atoms with Crippen molar-refractivity contribution < 1.29 is 33.3 Å². The summed E-state index contributed by atoms with van der Waals surface area (Å²) in [5, 5.41) is 11.7. The van der Waals surface area contributed by atoms with Gasteiger partial charge in [-0.15, -0.1) is 0 Å². The molecular formula is C29H28N2O7. The van der Waals surface area contributed by atoms with Crippen LogP contribution >= 0.6 is 0 Å². The van der Waals surface area contributed by atoms with Crippen LogP contribution in [-0.4, -0.2) is 41.4 Å². The van der Waals surface area contributed by atoms with Gasteiger partial charge in [0.05, 0.1) is 25.5 Å². The number of amides is 1. The first kappa shape index (κ1) is 26.4. The fraction of sp³-hybridized carbons (Fsp3) is 0.207. The van der Waals surface area contributed by atoms with Crippen LogP contribution in [0.3, 0.4) is 0 Å². The van der Waals surface area contributed by atoms with Gasteiger partial charge < -0.3 is 29.1 Å². The number of aromatic nitrogens is 1. The SMILES string of the molecule is O=C(N[C@@H](COCc1cccc(OCCc2coc(-c3ccccc3)n2)c1)C(=O)O)OCc1ccccc1. The highest BCUT2D eigenvalue weighted by molar-refractivity contribution is 5.80. The quantitative estimate of drug-likeness (QED) is 0.259. The maximum Gasteiger partial charge on any atom is 0.408 e. The molecule has 3 aromatic carbocycles. The number of hydrogen-bond donors (Lipinski definition) is 2. The van der Waals surface area contributed by atoms with E-state index in [0.717, 1.165) is 22.4 Å². The minimum atomic E-state index is -1.25. The lowest BCUT2D eigenvalue weighted by Gasteiger charge is -2.15. The molecule has 9 nitrogen and oxygen atoms in total. The van der Waals surface area contributed by atoms with Gasteiger partial charge in [-0.05, 0) is 35.4 Å². The summed E-state index contributed by atoms with van der Waals surface area (Å²) in [4.78, 5) is 28.0. The highest BCUT2D eigenvalue weighted by atomic mass is 16.5. The Morgan fingerprint density at radius 2 is 1.66 bits per heavy atom. The lowest BCUT2D eigenvalue weighted by Crippen LogP contribution is -2.44. The van der Waals surface area contributed by atoms with Crippen molar-refractivity contribution in [3.05, 3.63) is 108 Å². The average molecular weight is 517 g/mol. The standard InChI is InChI=1S/C29H28N2O7/c32-28(33)26(31-29(34)38-18-21-8-3-1-4-9-21)20-35-17-22-10-7-13-25(16-22)36-15-14-24-19-37-27(30-24)23-11-5-2-6-12-23/h1-13,16,19,26H,14-15,17-18,20H2,(H,31,34)(H,32,33)/t26-/m0/s1. The van der Waals surface area contributed by atoms with Crippen LogP contribution in [0.2, 0.25) is 0 Å². The molecule has 1 atom stereocenters. The fourth-order valence-corrected chi connectivity index (χ4v) is 3.51. The predicted octanol–water partition coefficient (Wildman–Crippen LogP) is 4.86. The van der Waals surface area contributed by atoms with Crippen LogP contribution in [0, 0.1) is 0 Å². The summed E-state index contributed by atoms with van der Waals surface area (Å²) in [5.74, 6) is -0.00402.